The van der Waals surface area contributed by atoms with E-state index in [-0.39, 0.29) is 11.5 Å². The zero-order valence-electron chi connectivity index (χ0n) is 24.7. The Bertz CT molecular complexity index is 1340. The van der Waals surface area contributed by atoms with E-state index in [1.54, 1.807) is 60.7 Å². The SMILES string of the molecule is O=C(OCCCCCCCCCCCCCBr)C(F)(F)S(=O)(=O)[OH+]S(c1ccccc1)(c1ccccc1)c1ccc(F)cc1. The van der Waals surface area contributed by atoms with Gasteiger partial charge < -0.3 is 4.74 Å². The van der Waals surface area contributed by atoms with Crippen molar-refractivity contribution >= 4 is 42.3 Å². The molecule has 0 saturated carbocycles. The number of unbranched alkanes of at least 4 members (excludes halogenated alkanes) is 10. The topological polar surface area (TPSA) is 73.2 Å². The van der Waals surface area contributed by atoms with Crippen LogP contribution in [0.5, 0.6) is 0 Å². The summed E-state index contributed by atoms with van der Waals surface area (Å²) in [4.78, 5) is 13.3. The average Bonchev–Trinajstić information content (AvgIpc) is 3.03. The molecule has 11 heteroatoms. The highest BCUT2D eigenvalue weighted by Crippen LogP contribution is 2.68. The Labute approximate surface area is 269 Å². The molecule has 0 aliphatic carbocycles. The van der Waals surface area contributed by atoms with Gasteiger partial charge in [-0.15, -0.1) is 8.42 Å². The van der Waals surface area contributed by atoms with E-state index in [1.165, 1.54) is 44.2 Å². The van der Waals surface area contributed by atoms with Gasteiger partial charge in [0, 0.05) is 5.33 Å². The summed E-state index contributed by atoms with van der Waals surface area (Å²) in [5.74, 6) is -2.74. The van der Waals surface area contributed by atoms with Gasteiger partial charge in [-0.1, -0.05) is 110 Å². The molecule has 0 bridgehead atoms. The van der Waals surface area contributed by atoms with E-state index in [0.29, 0.717) is 22.6 Å². The molecule has 0 heterocycles. The fourth-order valence-electron chi connectivity index (χ4n) is 4.74. The summed E-state index contributed by atoms with van der Waals surface area (Å²) in [6.45, 7) is -0.315. The minimum atomic E-state index is -5.78. The second-order valence-corrected chi connectivity index (χ2v) is 15.9. The Morgan fingerprint density at radius 1 is 0.659 bits per heavy atom. The summed E-state index contributed by atoms with van der Waals surface area (Å²) >= 11 is 3.44. The van der Waals surface area contributed by atoms with Gasteiger partial charge in [-0.2, -0.15) is 8.78 Å². The van der Waals surface area contributed by atoms with E-state index in [1.807, 2.05) is 0 Å². The van der Waals surface area contributed by atoms with E-state index in [0.717, 1.165) is 43.1 Å². The quantitative estimate of drug-likeness (QED) is 0.0383. The van der Waals surface area contributed by atoms with E-state index < -0.39 is 37.5 Å². The van der Waals surface area contributed by atoms with Gasteiger partial charge in [0.25, 0.3) is 0 Å². The van der Waals surface area contributed by atoms with Crippen molar-refractivity contribution in [3.05, 3.63) is 90.7 Å². The lowest BCUT2D eigenvalue weighted by Gasteiger charge is -2.35. The largest absolute Gasteiger partial charge is 0.514 e. The van der Waals surface area contributed by atoms with Crippen molar-refractivity contribution < 1.29 is 34.7 Å². The molecular weight excluding hydrogens is 677 g/mol. The number of hydrogen-bond donors (Lipinski definition) is 0. The maximum atomic E-state index is 15.4. The van der Waals surface area contributed by atoms with E-state index in [4.69, 9.17) is 4.74 Å². The van der Waals surface area contributed by atoms with Crippen molar-refractivity contribution in [3.8, 4) is 0 Å². The van der Waals surface area contributed by atoms with Gasteiger partial charge in [-0.05, 0) is 61.4 Å². The molecule has 1 N–H and O–H groups in total. The first kappa shape index (κ1) is 36.1. The summed E-state index contributed by atoms with van der Waals surface area (Å²) < 4.78 is 80.0. The third kappa shape index (κ3) is 9.83. The number of esters is 1. The highest BCUT2D eigenvalue weighted by Gasteiger charge is 2.63. The number of carbonyl (C=O) groups is 1. The van der Waals surface area contributed by atoms with Crippen LogP contribution in [0.3, 0.4) is 0 Å². The fraction of sp³-hybridized carbons (Fsp3) is 0.424. The van der Waals surface area contributed by atoms with E-state index in [2.05, 4.69) is 19.6 Å². The summed E-state index contributed by atoms with van der Waals surface area (Å²) in [6.07, 6.45) is 11.3. The number of halogens is 4. The van der Waals surface area contributed by atoms with Gasteiger partial charge >= 0.3 is 21.3 Å². The van der Waals surface area contributed by atoms with Crippen LogP contribution in [0, 0.1) is 5.82 Å². The van der Waals surface area contributed by atoms with Gasteiger partial charge in [-0.25, -0.2) is 9.18 Å². The summed E-state index contributed by atoms with van der Waals surface area (Å²) in [5, 5.41) is -3.88. The van der Waals surface area contributed by atoms with Crippen LogP contribution < -0.4 is 0 Å². The highest BCUT2D eigenvalue weighted by molar-refractivity contribution is 9.09. The minimum Gasteiger partial charge on any atom is -0.460 e. The monoisotopic (exact) mass is 717 g/mol. The Morgan fingerprint density at radius 3 is 1.52 bits per heavy atom. The van der Waals surface area contributed by atoms with Crippen LogP contribution in [0.1, 0.15) is 70.6 Å². The Morgan fingerprint density at radius 2 is 1.07 bits per heavy atom. The molecule has 3 rings (SSSR count). The van der Waals surface area contributed by atoms with Gasteiger partial charge in [0.05, 0.1) is 31.6 Å². The first-order chi connectivity index (χ1) is 21.1. The van der Waals surface area contributed by atoms with Gasteiger partial charge in [0.1, 0.15) is 5.82 Å². The van der Waals surface area contributed by atoms with Gasteiger partial charge in [0.15, 0.2) is 0 Å². The molecule has 0 fully saturated rings. The molecule has 5 nitrogen and oxygen atoms in total. The highest BCUT2D eigenvalue weighted by atomic mass is 79.9. The fourth-order valence-corrected chi connectivity index (χ4v) is 10.4. The first-order valence-electron chi connectivity index (χ1n) is 14.9. The maximum absolute atomic E-state index is 15.4. The molecule has 3 aromatic carbocycles. The van der Waals surface area contributed by atoms with E-state index >= 15 is 8.78 Å². The van der Waals surface area contributed by atoms with Crippen LogP contribution in [0.15, 0.2) is 99.6 Å². The molecule has 0 unspecified atom stereocenters. The van der Waals surface area contributed by atoms with Crippen molar-refractivity contribution in [2.24, 2.45) is 0 Å². The Kier molecular flexibility index (Phi) is 14.8. The lowest BCUT2D eigenvalue weighted by Crippen LogP contribution is -2.42. The normalized spacial score (nSPS) is 12.6. The molecule has 0 aliphatic heterocycles. The van der Waals surface area contributed by atoms with Crippen LogP contribution in [0.2, 0.25) is 0 Å². The van der Waals surface area contributed by atoms with E-state index in [9.17, 15) is 17.6 Å². The summed E-state index contributed by atoms with van der Waals surface area (Å²) in [7, 11) is -9.07. The number of carbonyl (C=O) groups excluding carboxylic acids is 1. The predicted molar refractivity (Wildman–Crippen MR) is 174 cm³/mol. The second-order valence-electron chi connectivity index (χ2n) is 10.4. The van der Waals surface area contributed by atoms with Crippen molar-refractivity contribution in [3.63, 3.8) is 0 Å². The van der Waals surface area contributed by atoms with Crippen LogP contribution in [-0.4, -0.2) is 35.2 Å². The Balaban J connectivity index is 1.67. The minimum absolute atomic E-state index is 0.207. The number of rotatable bonds is 20. The molecular formula is C33H41BrF3O5S2+. The number of alkyl halides is 3. The van der Waals surface area contributed by atoms with Gasteiger partial charge in [0.2, 0.25) is 0 Å². The molecule has 0 amide bonds. The maximum Gasteiger partial charge on any atom is 0.514 e. The van der Waals surface area contributed by atoms with Crippen LogP contribution in [-0.2, 0) is 19.6 Å². The molecule has 44 heavy (non-hydrogen) atoms. The molecule has 0 radical (unpaired) electrons. The third-order valence-corrected chi connectivity index (χ3v) is 13.0. The number of hydrogen-bond acceptors (Lipinski definition) is 4. The van der Waals surface area contributed by atoms with Crippen molar-refractivity contribution in [1.29, 1.82) is 0 Å². The summed E-state index contributed by atoms with van der Waals surface area (Å²) in [5.41, 5.74) is 0. The van der Waals surface area contributed by atoms with Crippen molar-refractivity contribution in [2.75, 3.05) is 11.9 Å². The molecule has 242 valence electrons. The average molecular weight is 719 g/mol. The molecule has 0 aromatic heterocycles. The smallest absolute Gasteiger partial charge is 0.460 e. The van der Waals surface area contributed by atoms with Crippen molar-refractivity contribution in [1.82, 2.24) is 0 Å². The molecule has 0 saturated heterocycles. The van der Waals surface area contributed by atoms with Crippen LogP contribution in [0.25, 0.3) is 0 Å². The zero-order valence-corrected chi connectivity index (χ0v) is 27.9. The van der Waals surface area contributed by atoms with Crippen LogP contribution in [0.4, 0.5) is 13.2 Å². The molecule has 0 spiro atoms. The third-order valence-electron chi connectivity index (χ3n) is 7.11. The Hall–Kier alpha value is -2.34. The van der Waals surface area contributed by atoms with Crippen molar-refractivity contribution in [2.45, 2.75) is 90.6 Å². The standard InChI is InChI=1S/C33H40BrF3O5S2/c34-26-16-8-6-4-2-1-3-5-7-9-17-27-41-32(38)33(36,37)44(39,40)42-43(29-18-12-10-13-19-29,30-20-14-11-15-21-30)31-24-22-28(35)23-25-31/h10-15,18-25H,1-9,16-17,26-27H2/p+1. The molecule has 0 atom stereocenters. The van der Waals surface area contributed by atoms with Gasteiger partial charge in [-0.3, -0.25) is 3.63 Å². The number of benzene rings is 3. The molecule has 3 aromatic rings. The number of ether oxygens (including phenoxy) is 1. The molecule has 0 aliphatic rings. The lowest BCUT2D eigenvalue weighted by atomic mass is 10.1. The van der Waals surface area contributed by atoms with Crippen LogP contribution >= 0.6 is 26.2 Å². The second kappa shape index (κ2) is 18.0. The zero-order chi connectivity index (χ0) is 31.9. The summed E-state index contributed by atoms with van der Waals surface area (Å²) in [6, 6.07) is 21.1. The predicted octanol–water partition coefficient (Wildman–Crippen LogP) is 10.3. The lowest BCUT2D eigenvalue weighted by molar-refractivity contribution is -0.161. The first-order valence-corrected chi connectivity index (χ1v) is 19.1.